The SMILES string of the molecule is N#Cc1c(C(F)(F)F)cc(C(O)C(C#N)C(O)c2cc(C(F)(F)F)nc(C(F)(F)F)c2)cc1C(F)(F)F. The molecule has 3 atom stereocenters. The molecule has 0 amide bonds. The third kappa shape index (κ3) is 6.41. The standard InChI is InChI=1S/C20H9F12N3O2/c21-17(22,23)11-1-7(2-12(9(11)5-33)18(24,25)26)15(36)10(6-34)16(37)8-3-13(19(27,28)29)35-14(4-8)20(30,31)32/h1-4,10,15-16,36-37H. The van der Waals surface area contributed by atoms with Crippen LogP contribution in [0, 0.1) is 28.6 Å². The third-order valence-electron chi connectivity index (χ3n) is 4.82. The number of hydrogen-bond donors (Lipinski definition) is 2. The molecule has 0 saturated carbocycles. The summed E-state index contributed by atoms with van der Waals surface area (Å²) >= 11 is 0. The van der Waals surface area contributed by atoms with Crippen LogP contribution < -0.4 is 0 Å². The minimum Gasteiger partial charge on any atom is -0.387 e. The summed E-state index contributed by atoms with van der Waals surface area (Å²) in [6.45, 7) is 0. The molecule has 1 aromatic heterocycles. The van der Waals surface area contributed by atoms with Crippen LogP contribution in [0.2, 0.25) is 0 Å². The maximum Gasteiger partial charge on any atom is 0.433 e. The fourth-order valence-corrected chi connectivity index (χ4v) is 3.14. The minimum atomic E-state index is -5.60. The Hall–Kier alpha value is -3.57. The molecule has 17 heteroatoms. The molecule has 0 spiro atoms. The molecule has 0 radical (unpaired) electrons. The van der Waals surface area contributed by atoms with Crippen molar-refractivity contribution < 1.29 is 62.9 Å². The van der Waals surface area contributed by atoms with Gasteiger partial charge in [-0.25, -0.2) is 4.98 Å². The second kappa shape index (κ2) is 9.71. The highest BCUT2D eigenvalue weighted by Gasteiger charge is 2.44. The second-order valence-electron chi connectivity index (χ2n) is 7.31. The molecule has 0 bridgehead atoms. The zero-order chi connectivity index (χ0) is 28.7. The van der Waals surface area contributed by atoms with Gasteiger partial charge in [-0.3, -0.25) is 0 Å². The predicted molar refractivity (Wildman–Crippen MR) is 94.4 cm³/mol. The quantitative estimate of drug-likeness (QED) is 0.459. The van der Waals surface area contributed by atoms with Gasteiger partial charge in [-0.1, -0.05) is 0 Å². The third-order valence-corrected chi connectivity index (χ3v) is 4.82. The van der Waals surface area contributed by atoms with Crippen molar-refractivity contribution in [3.05, 3.63) is 63.5 Å². The Labute approximate surface area is 197 Å². The lowest BCUT2D eigenvalue weighted by Crippen LogP contribution is -2.23. The Morgan fingerprint density at radius 2 is 0.973 bits per heavy atom. The van der Waals surface area contributed by atoms with E-state index < -0.39 is 82.0 Å². The van der Waals surface area contributed by atoms with Crippen molar-refractivity contribution in [3.63, 3.8) is 0 Å². The fourth-order valence-electron chi connectivity index (χ4n) is 3.14. The molecule has 37 heavy (non-hydrogen) atoms. The first-order valence-electron chi connectivity index (χ1n) is 9.27. The van der Waals surface area contributed by atoms with Crippen molar-refractivity contribution >= 4 is 0 Å². The Balaban J connectivity index is 2.72. The lowest BCUT2D eigenvalue weighted by molar-refractivity contribution is -0.150. The van der Waals surface area contributed by atoms with Gasteiger partial charge in [0.25, 0.3) is 0 Å². The molecule has 0 fully saturated rings. The van der Waals surface area contributed by atoms with Gasteiger partial charge in [0.2, 0.25) is 0 Å². The Morgan fingerprint density at radius 1 is 0.622 bits per heavy atom. The van der Waals surface area contributed by atoms with E-state index in [9.17, 15) is 68.2 Å². The van der Waals surface area contributed by atoms with Gasteiger partial charge in [0.1, 0.15) is 23.4 Å². The fraction of sp³-hybridized carbons (Fsp3) is 0.350. The largest absolute Gasteiger partial charge is 0.433 e. The molecule has 0 aliphatic heterocycles. The maximum atomic E-state index is 13.3. The zero-order valence-electron chi connectivity index (χ0n) is 17.3. The van der Waals surface area contributed by atoms with Crippen LogP contribution in [0.1, 0.15) is 51.4 Å². The zero-order valence-corrected chi connectivity index (χ0v) is 17.3. The molecule has 2 aromatic rings. The molecule has 1 heterocycles. The van der Waals surface area contributed by atoms with E-state index in [0.29, 0.717) is 0 Å². The normalized spacial score (nSPS) is 15.5. The molecule has 0 saturated heterocycles. The summed E-state index contributed by atoms with van der Waals surface area (Å²) in [7, 11) is 0. The van der Waals surface area contributed by atoms with Crippen LogP contribution in [-0.2, 0) is 24.7 Å². The number of aliphatic hydroxyl groups excluding tert-OH is 2. The molecule has 5 nitrogen and oxygen atoms in total. The average molecular weight is 551 g/mol. The van der Waals surface area contributed by atoms with Gasteiger partial charge in [0.05, 0.1) is 35.0 Å². The van der Waals surface area contributed by atoms with Crippen LogP contribution in [0.25, 0.3) is 0 Å². The van der Waals surface area contributed by atoms with E-state index in [4.69, 9.17) is 5.26 Å². The smallest absolute Gasteiger partial charge is 0.387 e. The van der Waals surface area contributed by atoms with Crippen LogP contribution in [0.4, 0.5) is 52.7 Å². The molecule has 1 aromatic carbocycles. The molecule has 2 N–H and O–H groups in total. The van der Waals surface area contributed by atoms with E-state index in [-0.39, 0.29) is 24.3 Å². The number of pyridine rings is 1. The van der Waals surface area contributed by atoms with Crippen molar-refractivity contribution in [3.8, 4) is 12.1 Å². The number of hydrogen-bond acceptors (Lipinski definition) is 5. The number of nitriles is 2. The summed E-state index contributed by atoms with van der Waals surface area (Å²) in [5, 5.41) is 38.8. The van der Waals surface area contributed by atoms with Gasteiger partial charge in [-0.15, -0.1) is 0 Å². The highest BCUT2D eigenvalue weighted by Crippen LogP contribution is 2.43. The summed E-state index contributed by atoms with van der Waals surface area (Å²) in [6.07, 6.45) is -27.8. The van der Waals surface area contributed by atoms with Gasteiger partial charge in [-0.05, 0) is 35.4 Å². The number of rotatable bonds is 4. The Bertz CT molecular complexity index is 1180. The van der Waals surface area contributed by atoms with Crippen molar-refractivity contribution in [1.29, 1.82) is 10.5 Å². The minimum absolute atomic E-state index is 0.141. The monoisotopic (exact) mass is 551 g/mol. The van der Waals surface area contributed by atoms with Gasteiger partial charge >= 0.3 is 24.7 Å². The number of benzene rings is 1. The number of halogens is 12. The van der Waals surface area contributed by atoms with Crippen molar-refractivity contribution in [2.45, 2.75) is 36.9 Å². The summed E-state index contributed by atoms with van der Waals surface area (Å²) < 4.78 is 158. The van der Waals surface area contributed by atoms with Crippen molar-refractivity contribution in [1.82, 2.24) is 4.98 Å². The lowest BCUT2D eigenvalue weighted by Gasteiger charge is -2.25. The van der Waals surface area contributed by atoms with E-state index >= 15 is 0 Å². The second-order valence-corrected chi connectivity index (χ2v) is 7.31. The summed E-state index contributed by atoms with van der Waals surface area (Å²) in [4.78, 5) is 2.36. The summed E-state index contributed by atoms with van der Waals surface area (Å²) in [6, 6.07) is 1.16. The number of aliphatic hydroxyl groups is 2. The molecule has 0 aliphatic carbocycles. The van der Waals surface area contributed by atoms with E-state index in [1.807, 2.05) is 0 Å². The average Bonchev–Trinajstić information content (AvgIpc) is 2.75. The molecule has 200 valence electrons. The van der Waals surface area contributed by atoms with Gasteiger partial charge in [0, 0.05) is 0 Å². The van der Waals surface area contributed by atoms with E-state index in [1.54, 1.807) is 0 Å². The molecule has 0 aliphatic rings. The van der Waals surface area contributed by atoms with E-state index in [2.05, 4.69) is 4.98 Å². The molecule has 2 rings (SSSR count). The van der Waals surface area contributed by atoms with Gasteiger partial charge in [-0.2, -0.15) is 63.2 Å². The molecular weight excluding hydrogens is 542 g/mol. The van der Waals surface area contributed by atoms with E-state index in [1.165, 1.54) is 0 Å². The number of alkyl halides is 12. The maximum absolute atomic E-state index is 13.3. The Morgan fingerprint density at radius 3 is 1.24 bits per heavy atom. The molecule has 3 unspecified atom stereocenters. The first-order valence-corrected chi connectivity index (χ1v) is 9.27. The number of aromatic nitrogens is 1. The van der Waals surface area contributed by atoms with Gasteiger partial charge < -0.3 is 10.2 Å². The predicted octanol–water partition coefficient (Wildman–Crippen LogP) is 5.94. The van der Waals surface area contributed by atoms with Crippen LogP contribution in [-0.4, -0.2) is 15.2 Å². The number of nitrogens with zero attached hydrogens (tertiary/aromatic N) is 3. The first kappa shape index (κ1) is 29.7. The van der Waals surface area contributed by atoms with Crippen molar-refractivity contribution in [2.24, 2.45) is 5.92 Å². The van der Waals surface area contributed by atoms with Crippen LogP contribution >= 0.6 is 0 Å². The van der Waals surface area contributed by atoms with Crippen LogP contribution in [0.5, 0.6) is 0 Å². The topological polar surface area (TPSA) is 101 Å². The molecular formula is C20H9F12N3O2. The highest BCUT2D eigenvalue weighted by molar-refractivity contribution is 5.50. The van der Waals surface area contributed by atoms with Crippen LogP contribution in [0.3, 0.4) is 0 Å². The first-order chi connectivity index (χ1) is 16.6. The highest BCUT2D eigenvalue weighted by atomic mass is 19.4. The van der Waals surface area contributed by atoms with Crippen LogP contribution in [0.15, 0.2) is 24.3 Å². The van der Waals surface area contributed by atoms with E-state index in [0.717, 1.165) is 12.1 Å². The summed E-state index contributed by atoms with van der Waals surface area (Å²) in [5.41, 5.74) is -13.4. The van der Waals surface area contributed by atoms with Gasteiger partial charge in [0.15, 0.2) is 0 Å². The van der Waals surface area contributed by atoms with Crippen molar-refractivity contribution in [2.75, 3.05) is 0 Å². The lowest BCUT2D eigenvalue weighted by atomic mass is 9.85. The Kier molecular flexibility index (Phi) is 7.79. The summed E-state index contributed by atoms with van der Waals surface area (Å²) in [5.74, 6) is -2.58.